The summed E-state index contributed by atoms with van der Waals surface area (Å²) in [5.74, 6) is 13.3. The number of fused-ring (bicyclic) bond motifs is 3. The lowest BCUT2D eigenvalue weighted by Crippen LogP contribution is -2.69. The molecule has 25 rings (SSSR count). The van der Waals surface area contributed by atoms with Gasteiger partial charge in [0.1, 0.15) is 146 Å². The van der Waals surface area contributed by atoms with Crippen LogP contribution < -0.4 is 0 Å². The third-order valence-corrected chi connectivity index (χ3v) is 15.8. The van der Waals surface area contributed by atoms with Gasteiger partial charge < -0.3 is 149 Å². The summed E-state index contributed by atoms with van der Waals surface area (Å²) in [6.45, 7) is -5.99. The molecule has 0 aromatic heterocycles. The van der Waals surface area contributed by atoms with E-state index in [0.717, 1.165) is 10.9 Å². The lowest BCUT2D eigenvalue weighted by Gasteiger charge is -2.50. The monoisotopic (exact) mass is 1220 g/mol. The lowest BCUT2D eigenvalue weighted by molar-refractivity contribution is -0.404. The van der Waals surface area contributed by atoms with Crippen molar-refractivity contribution in [2.45, 2.75) is 184 Å². The Balaban J connectivity index is 0.000000370. The number of aliphatic hydroxyl groups is 18. The Labute approximate surface area is 489 Å². The fraction of sp³-hybridized carbons (Fsp3) is 0.643. The van der Waals surface area contributed by atoms with Crippen LogP contribution in [0.4, 0.5) is 0 Å². The van der Waals surface area contributed by atoms with Crippen LogP contribution in [0.3, 0.4) is 0 Å². The van der Waals surface area contributed by atoms with E-state index in [1.165, 1.54) is 16.2 Å². The summed E-state index contributed by atoms with van der Waals surface area (Å²) < 4.78 is 67.9. The normalized spacial score (nSPS) is 44.6. The van der Waals surface area contributed by atoms with Gasteiger partial charge in [-0.15, -0.1) is 6.42 Å². The van der Waals surface area contributed by atoms with Gasteiger partial charge in [0.2, 0.25) is 0 Å². The Morgan fingerprint density at radius 1 is 0.302 bits per heavy atom. The Morgan fingerprint density at radius 2 is 0.558 bits per heavy atom. The lowest BCUT2D eigenvalue weighted by atomic mass is 9.94. The topological polar surface area (TPSA) is 475 Å². The Morgan fingerprint density at radius 3 is 0.826 bits per heavy atom. The van der Waals surface area contributed by atoms with Crippen molar-refractivity contribution in [1.82, 2.24) is 0 Å². The van der Waals surface area contributed by atoms with E-state index in [1.807, 2.05) is 18.2 Å². The van der Waals surface area contributed by atoms with Gasteiger partial charge in [-0.2, -0.15) is 0 Å². The van der Waals surface area contributed by atoms with Crippen molar-refractivity contribution in [2.75, 3.05) is 39.6 Å². The molecule has 22 heterocycles. The van der Waals surface area contributed by atoms with Gasteiger partial charge in [0.15, 0.2) is 37.7 Å². The minimum atomic E-state index is -2.15. The molecule has 18 N–H and O–H groups in total. The highest BCUT2D eigenvalue weighted by Gasteiger charge is 2.58. The van der Waals surface area contributed by atoms with Gasteiger partial charge in [-0.3, -0.25) is 0 Å². The standard InChI is InChI=1S/C36H60O30.C20H10/c37-1-7-25-13(43)19(49)31(55-7)62-26-8(2-38)57-33(21(51)15(26)45)64-28-10(4-40)59-35(23(53)17(28)47)66-30-12(6-42)60-36(24(54)18(30)48)65-29-11(5-41)58-34(22(52)16(29)46)63-27-9(3-39)56-32(61-25)20(50)14(27)44;1-2-3-4-5-10-16-15-17-11-6-7-12-18(17)20-14-9-8-13-19(16)20/h7-54H,1-6H2;1,6-9,11-15H/t7-,8-,9-,10-,11-,12-,13-,14-,15-,16-,17-,18-,19-,20-,21-,22-,23-,24-,25-,26-,27-,28-,29-,30-,31-,32-,33-,34-,35-,36-;/m1./s1. The number of terminal acetylenes is 1. The van der Waals surface area contributed by atoms with Crippen molar-refractivity contribution in [3.63, 3.8) is 0 Å². The molecule has 3 aromatic carbocycles. The van der Waals surface area contributed by atoms with E-state index in [4.69, 9.17) is 63.3 Å². The smallest absolute Gasteiger partial charge is 0.187 e. The van der Waals surface area contributed by atoms with Gasteiger partial charge in [0.05, 0.1) is 39.6 Å². The molecule has 0 amide bonds. The number of hydrogen-bond donors (Lipinski definition) is 18. The molecule has 22 aliphatic heterocycles. The number of aliphatic hydroxyl groups excluding tert-OH is 18. The zero-order chi connectivity index (χ0) is 61.8. The number of ether oxygens (including phenoxy) is 12. The van der Waals surface area contributed by atoms with Gasteiger partial charge in [-0.1, -0.05) is 54.5 Å². The van der Waals surface area contributed by atoms with E-state index in [2.05, 4.69) is 66.0 Å². The van der Waals surface area contributed by atoms with Crippen LogP contribution in [0, 0.1) is 36.0 Å². The second-order valence-corrected chi connectivity index (χ2v) is 21.2. The summed E-state index contributed by atoms with van der Waals surface area (Å²) in [6.07, 6.45) is -53.4. The molecule has 0 unspecified atom stereocenters. The van der Waals surface area contributed by atoms with Gasteiger partial charge >= 0.3 is 0 Å². The molecule has 474 valence electrons. The van der Waals surface area contributed by atoms with Gasteiger partial charge in [-0.25, -0.2) is 0 Å². The fourth-order valence-electron chi connectivity index (χ4n) is 11.3. The van der Waals surface area contributed by atoms with Crippen molar-refractivity contribution in [3.8, 4) is 36.0 Å². The molecule has 86 heavy (non-hydrogen) atoms. The molecule has 12 bridgehead atoms. The first-order chi connectivity index (χ1) is 41.3. The summed E-state index contributed by atoms with van der Waals surface area (Å²) in [5.41, 5.74) is 0.977. The molecule has 0 aliphatic carbocycles. The second-order valence-electron chi connectivity index (χ2n) is 21.2. The molecule has 3 aromatic rings. The number of hydrogen-bond acceptors (Lipinski definition) is 30. The Kier molecular flexibility index (Phi) is 22.4. The van der Waals surface area contributed by atoms with Gasteiger partial charge in [0, 0.05) is 5.56 Å². The highest BCUT2D eigenvalue weighted by atomic mass is 16.8. The van der Waals surface area contributed by atoms with Crippen LogP contribution in [0.2, 0.25) is 0 Å². The average Bonchev–Trinajstić information content (AvgIpc) is 1.40. The molecule has 0 saturated carbocycles. The average molecular weight is 1220 g/mol. The molecule has 22 saturated heterocycles. The van der Waals surface area contributed by atoms with Crippen LogP contribution in [0.25, 0.3) is 21.5 Å². The van der Waals surface area contributed by atoms with Crippen LogP contribution in [0.5, 0.6) is 0 Å². The fourth-order valence-corrected chi connectivity index (χ4v) is 11.3. The molecule has 30 atom stereocenters. The van der Waals surface area contributed by atoms with Crippen LogP contribution in [-0.2, 0) is 56.8 Å². The minimum absolute atomic E-state index is 0.977. The largest absolute Gasteiger partial charge is 0.394 e. The second kappa shape index (κ2) is 29.1. The van der Waals surface area contributed by atoms with E-state index in [1.54, 1.807) is 0 Å². The van der Waals surface area contributed by atoms with E-state index in [0.29, 0.717) is 0 Å². The molecular formula is C56H70O30. The number of benzene rings is 3. The molecular weight excluding hydrogens is 1150 g/mol. The first-order valence-electron chi connectivity index (χ1n) is 27.4. The van der Waals surface area contributed by atoms with Gasteiger partial charge in [0.25, 0.3) is 0 Å². The minimum Gasteiger partial charge on any atom is -0.394 e. The third kappa shape index (κ3) is 13.4. The summed E-state index contributed by atoms with van der Waals surface area (Å²) in [5, 5.41) is 200. The maximum absolute atomic E-state index is 11.2. The SMILES string of the molecule is C#CC#CC#Cc1cc2ccccc2c2ccccc12.OC[C@H]1O[C@@H]2O[C@H]3[C@H](O)[C@@H](O)[C@@H](O[C@H]4[C@H](O)[C@@H](O)[C@@H](O[C@H]5[C@H](O)[C@@H](O)[C@@H](O[C@H]6[C@H](O)[C@@H](O)[C@@H](O[C@H]7[C@H](O)[C@@H](O)[C@@H](O[C@H]1[C@H](O)[C@H]2O)O[C@@H]7CO)O[C@@H]6CO)O[C@@H]5CO)O[C@@H]4CO)O[C@@H]3CO. The van der Waals surface area contributed by atoms with E-state index < -0.39 is 224 Å². The Hall–Kier alpha value is -4.34. The maximum Gasteiger partial charge on any atom is 0.187 e. The third-order valence-electron chi connectivity index (χ3n) is 15.8. The first-order valence-corrected chi connectivity index (χ1v) is 27.4. The van der Waals surface area contributed by atoms with E-state index in [9.17, 15) is 91.9 Å². The van der Waals surface area contributed by atoms with Crippen LogP contribution >= 0.6 is 0 Å². The van der Waals surface area contributed by atoms with Gasteiger partial charge in [-0.05, 0) is 51.3 Å². The van der Waals surface area contributed by atoms with Crippen molar-refractivity contribution < 1.29 is 149 Å². The predicted molar refractivity (Wildman–Crippen MR) is 281 cm³/mol. The summed E-state index contributed by atoms with van der Waals surface area (Å²) in [7, 11) is 0. The summed E-state index contributed by atoms with van der Waals surface area (Å²) in [4.78, 5) is 0. The van der Waals surface area contributed by atoms with Crippen molar-refractivity contribution >= 4 is 21.5 Å². The molecule has 30 nitrogen and oxygen atoms in total. The van der Waals surface area contributed by atoms with E-state index >= 15 is 0 Å². The molecule has 22 fully saturated rings. The molecule has 22 aliphatic rings. The predicted octanol–water partition coefficient (Wildman–Crippen LogP) is -9.07. The summed E-state index contributed by atoms with van der Waals surface area (Å²) in [6, 6.07) is 18.7. The van der Waals surface area contributed by atoms with E-state index in [-0.39, 0.29) is 0 Å². The Bertz CT molecular complexity index is 2590. The molecule has 30 heteroatoms. The van der Waals surface area contributed by atoms with Crippen LogP contribution in [-0.4, -0.2) is 316 Å². The molecule has 0 radical (unpaired) electrons. The first kappa shape index (κ1) is 66.1. The van der Waals surface area contributed by atoms with Crippen LogP contribution in [0.1, 0.15) is 5.56 Å². The van der Waals surface area contributed by atoms with Crippen molar-refractivity contribution in [3.05, 3.63) is 60.2 Å². The van der Waals surface area contributed by atoms with Crippen molar-refractivity contribution in [2.24, 2.45) is 0 Å². The van der Waals surface area contributed by atoms with Crippen molar-refractivity contribution in [1.29, 1.82) is 0 Å². The quantitative estimate of drug-likeness (QED) is 0.0805. The highest BCUT2D eigenvalue weighted by Crippen LogP contribution is 2.38. The summed E-state index contributed by atoms with van der Waals surface area (Å²) >= 11 is 0. The zero-order valence-corrected chi connectivity index (χ0v) is 45.3. The van der Waals surface area contributed by atoms with Crippen LogP contribution in [0.15, 0.2) is 54.6 Å². The molecule has 0 spiro atoms. The maximum atomic E-state index is 11.2. The highest BCUT2D eigenvalue weighted by molar-refractivity contribution is 6.09. The number of rotatable bonds is 6. The zero-order valence-electron chi connectivity index (χ0n) is 45.3.